The number of benzene rings is 1. The summed E-state index contributed by atoms with van der Waals surface area (Å²) in [5, 5.41) is 2.36. The zero-order valence-electron chi connectivity index (χ0n) is 10.4. The number of hydrogen-bond acceptors (Lipinski definition) is 3. The molecule has 0 fully saturated rings. The first-order chi connectivity index (χ1) is 9.40. The van der Waals surface area contributed by atoms with Crippen molar-refractivity contribution < 1.29 is 18.0 Å². The van der Waals surface area contributed by atoms with E-state index in [0.29, 0.717) is 17.4 Å². The van der Waals surface area contributed by atoms with Crippen LogP contribution >= 0.6 is 0 Å². The number of carbonyl (C=O) groups is 1. The van der Waals surface area contributed by atoms with E-state index in [2.05, 4.69) is 10.3 Å². The van der Waals surface area contributed by atoms with Crippen LogP contribution in [0.2, 0.25) is 0 Å². The molecule has 1 aromatic carbocycles. The Hall–Kier alpha value is -2.57. The number of anilines is 2. The molecule has 4 nitrogen and oxygen atoms in total. The fourth-order valence-corrected chi connectivity index (χ4v) is 1.60. The number of nitrogens with zero attached hydrogens (tertiary/aromatic N) is 1. The van der Waals surface area contributed by atoms with Crippen LogP contribution in [0.25, 0.3) is 0 Å². The third-order valence-electron chi connectivity index (χ3n) is 2.64. The molecule has 0 saturated heterocycles. The molecule has 0 aliphatic rings. The number of amides is 1. The standard InChI is InChI=1S/C13H10F3N3O/c1-6-9(4-5-10(17)18-6)19-13(20)7-2-3-8(14)12(16)11(7)15/h2-5H,1H3,(H2,17,18)(H,19,20). The van der Waals surface area contributed by atoms with E-state index in [1.807, 2.05) is 0 Å². The molecule has 20 heavy (non-hydrogen) atoms. The number of halogens is 3. The van der Waals surface area contributed by atoms with Crippen molar-refractivity contribution in [1.82, 2.24) is 4.98 Å². The monoisotopic (exact) mass is 281 g/mol. The number of carbonyl (C=O) groups excluding carboxylic acids is 1. The lowest BCUT2D eigenvalue weighted by atomic mass is 10.1. The zero-order chi connectivity index (χ0) is 14.9. The first-order valence-electron chi connectivity index (χ1n) is 5.58. The van der Waals surface area contributed by atoms with E-state index >= 15 is 0 Å². The van der Waals surface area contributed by atoms with E-state index in [9.17, 15) is 18.0 Å². The van der Waals surface area contributed by atoms with Crippen molar-refractivity contribution in [3.8, 4) is 0 Å². The van der Waals surface area contributed by atoms with Crippen LogP contribution in [0.1, 0.15) is 16.1 Å². The molecule has 0 aliphatic heterocycles. The Morgan fingerprint density at radius 2 is 1.85 bits per heavy atom. The maximum absolute atomic E-state index is 13.5. The summed E-state index contributed by atoms with van der Waals surface area (Å²) in [7, 11) is 0. The Balaban J connectivity index is 2.31. The van der Waals surface area contributed by atoms with Gasteiger partial charge < -0.3 is 11.1 Å². The van der Waals surface area contributed by atoms with Gasteiger partial charge in [-0.2, -0.15) is 0 Å². The van der Waals surface area contributed by atoms with Gasteiger partial charge in [-0.15, -0.1) is 0 Å². The summed E-state index contributed by atoms with van der Waals surface area (Å²) in [5.41, 5.74) is 5.58. The van der Waals surface area contributed by atoms with Gasteiger partial charge in [-0.25, -0.2) is 18.2 Å². The van der Waals surface area contributed by atoms with Gasteiger partial charge in [0.1, 0.15) is 5.82 Å². The summed E-state index contributed by atoms with van der Waals surface area (Å²) >= 11 is 0. The van der Waals surface area contributed by atoms with Gasteiger partial charge in [0.15, 0.2) is 17.5 Å². The molecule has 3 N–H and O–H groups in total. The van der Waals surface area contributed by atoms with E-state index in [1.54, 1.807) is 6.92 Å². The molecule has 1 heterocycles. The van der Waals surface area contributed by atoms with Crippen molar-refractivity contribution in [2.75, 3.05) is 11.1 Å². The summed E-state index contributed by atoms with van der Waals surface area (Å²) in [6.07, 6.45) is 0. The van der Waals surface area contributed by atoms with Gasteiger partial charge in [0.25, 0.3) is 5.91 Å². The minimum atomic E-state index is -1.69. The highest BCUT2D eigenvalue weighted by Gasteiger charge is 2.19. The van der Waals surface area contributed by atoms with Gasteiger partial charge >= 0.3 is 0 Å². The highest BCUT2D eigenvalue weighted by molar-refractivity contribution is 6.04. The van der Waals surface area contributed by atoms with Gasteiger partial charge in [0.2, 0.25) is 0 Å². The molecule has 0 aliphatic carbocycles. The lowest BCUT2D eigenvalue weighted by molar-refractivity contribution is 0.102. The molecule has 2 aromatic rings. The molecule has 0 spiro atoms. The second kappa shape index (κ2) is 5.20. The molecule has 2 rings (SSSR count). The summed E-state index contributed by atoms with van der Waals surface area (Å²) < 4.78 is 39.3. The van der Waals surface area contributed by atoms with Gasteiger partial charge in [0, 0.05) is 0 Å². The van der Waals surface area contributed by atoms with Gasteiger partial charge in [-0.3, -0.25) is 4.79 Å². The predicted octanol–water partition coefficient (Wildman–Crippen LogP) is 2.64. The molecule has 7 heteroatoms. The number of hydrogen-bond donors (Lipinski definition) is 2. The minimum absolute atomic E-state index is 0.263. The largest absolute Gasteiger partial charge is 0.384 e. The van der Waals surface area contributed by atoms with Crippen LogP contribution < -0.4 is 11.1 Å². The summed E-state index contributed by atoms with van der Waals surface area (Å²) in [6, 6.07) is 4.47. The Labute approximate surface area is 112 Å². The number of nitrogen functional groups attached to an aromatic ring is 1. The number of aromatic nitrogens is 1. The molecule has 1 amide bonds. The summed E-state index contributed by atoms with van der Waals surface area (Å²) in [4.78, 5) is 15.7. The van der Waals surface area contributed by atoms with Crippen molar-refractivity contribution in [3.05, 3.63) is 53.0 Å². The van der Waals surface area contributed by atoms with Crippen LogP contribution in [0, 0.1) is 24.4 Å². The van der Waals surface area contributed by atoms with E-state index in [4.69, 9.17) is 5.73 Å². The number of nitrogens with two attached hydrogens (primary N) is 1. The van der Waals surface area contributed by atoms with Gasteiger partial charge in [0.05, 0.1) is 16.9 Å². The first kappa shape index (κ1) is 13.9. The predicted molar refractivity (Wildman–Crippen MR) is 67.7 cm³/mol. The Morgan fingerprint density at radius 1 is 1.15 bits per heavy atom. The fraction of sp³-hybridized carbons (Fsp3) is 0.0769. The highest BCUT2D eigenvalue weighted by atomic mass is 19.2. The normalized spacial score (nSPS) is 10.4. The number of nitrogens with one attached hydrogen (secondary N) is 1. The number of aryl methyl sites for hydroxylation is 1. The van der Waals surface area contributed by atoms with E-state index in [0.717, 1.165) is 6.07 Å². The van der Waals surface area contributed by atoms with Crippen molar-refractivity contribution in [2.45, 2.75) is 6.92 Å². The van der Waals surface area contributed by atoms with E-state index < -0.39 is 28.9 Å². The summed E-state index contributed by atoms with van der Waals surface area (Å²) in [6.45, 7) is 1.59. The van der Waals surface area contributed by atoms with E-state index in [-0.39, 0.29) is 5.82 Å². The molecule has 0 bridgehead atoms. The van der Waals surface area contributed by atoms with Gasteiger partial charge in [-0.05, 0) is 31.2 Å². The molecule has 0 radical (unpaired) electrons. The molecule has 0 unspecified atom stereocenters. The first-order valence-corrected chi connectivity index (χ1v) is 5.58. The quantitative estimate of drug-likeness (QED) is 0.831. The van der Waals surface area contributed by atoms with Crippen molar-refractivity contribution >= 4 is 17.4 Å². The van der Waals surface area contributed by atoms with Crippen LogP contribution in [0.5, 0.6) is 0 Å². The fourth-order valence-electron chi connectivity index (χ4n) is 1.60. The van der Waals surface area contributed by atoms with Crippen LogP contribution in [0.3, 0.4) is 0 Å². The molecule has 0 atom stereocenters. The topological polar surface area (TPSA) is 68.0 Å². The average molecular weight is 281 g/mol. The van der Waals surface area contributed by atoms with Crippen molar-refractivity contribution in [1.29, 1.82) is 0 Å². The maximum Gasteiger partial charge on any atom is 0.258 e. The van der Waals surface area contributed by atoms with Crippen LogP contribution in [-0.2, 0) is 0 Å². The lowest BCUT2D eigenvalue weighted by Gasteiger charge is -2.09. The highest BCUT2D eigenvalue weighted by Crippen LogP contribution is 2.19. The Morgan fingerprint density at radius 3 is 2.50 bits per heavy atom. The van der Waals surface area contributed by atoms with Gasteiger partial charge in [-0.1, -0.05) is 0 Å². The summed E-state index contributed by atoms with van der Waals surface area (Å²) in [5.74, 6) is -5.23. The number of rotatable bonds is 2. The Bertz CT molecular complexity index is 689. The third kappa shape index (κ3) is 2.56. The van der Waals surface area contributed by atoms with Crippen LogP contribution in [-0.4, -0.2) is 10.9 Å². The SMILES string of the molecule is Cc1nc(N)ccc1NC(=O)c1ccc(F)c(F)c1F. The lowest BCUT2D eigenvalue weighted by Crippen LogP contribution is -2.16. The second-order valence-electron chi connectivity index (χ2n) is 4.05. The van der Waals surface area contributed by atoms with Crippen molar-refractivity contribution in [3.63, 3.8) is 0 Å². The van der Waals surface area contributed by atoms with E-state index in [1.165, 1.54) is 12.1 Å². The molecule has 1 aromatic heterocycles. The molecule has 0 saturated carbocycles. The molecule has 104 valence electrons. The van der Waals surface area contributed by atoms with Crippen LogP contribution in [0.15, 0.2) is 24.3 Å². The number of pyridine rings is 1. The van der Waals surface area contributed by atoms with Crippen molar-refractivity contribution in [2.24, 2.45) is 0 Å². The van der Waals surface area contributed by atoms with Crippen LogP contribution in [0.4, 0.5) is 24.7 Å². The minimum Gasteiger partial charge on any atom is -0.384 e. The Kier molecular flexibility index (Phi) is 3.60. The molecular formula is C13H10F3N3O. The smallest absolute Gasteiger partial charge is 0.258 e. The molecular weight excluding hydrogens is 271 g/mol. The zero-order valence-corrected chi connectivity index (χ0v) is 10.4. The third-order valence-corrected chi connectivity index (χ3v) is 2.64. The average Bonchev–Trinajstić information content (AvgIpc) is 2.39. The second-order valence-corrected chi connectivity index (χ2v) is 4.05. The maximum atomic E-state index is 13.5.